The molecule has 0 saturated heterocycles. The molecule has 0 aliphatic carbocycles. The lowest BCUT2D eigenvalue weighted by molar-refractivity contribution is 0.415. The van der Waals surface area contributed by atoms with Gasteiger partial charge < -0.3 is 10.5 Å². The van der Waals surface area contributed by atoms with Crippen molar-refractivity contribution in [2.75, 3.05) is 13.7 Å². The van der Waals surface area contributed by atoms with Crippen molar-refractivity contribution >= 4 is 11.6 Å². The monoisotopic (exact) mass is 341 g/mol. The van der Waals surface area contributed by atoms with Crippen molar-refractivity contribution in [3.05, 3.63) is 70.9 Å². The Morgan fingerprint density at radius 1 is 1.17 bits per heavy atom. The molecule has 1 aromatic heterocycles. The number of aromatic nitrogens is 2. The van der Waals surface area contributed by atoms with Crippen LogP contribution in [0, 0.1) is 0 Å². The first kappa shape index (κ1) is 16.6. The molecule has 24 heavy (non-hydrogen) atoms. The molecule has 2 N–H and O–H groups in total. The van der Waals surface area contributed by atoms with E-state index in [1.807, 2.05) is 60.3 Å². The number of nitrogens with zero attached hydrogens (tertiary/aromatic N) is 2. The first-order valence-corrected chi connectivity index (χ1v) is 8.14. The number of aryl methyl sites for hydroxylation is 1. The van der Waals surface area contributed by atoms with Crippen LogP contribution in [0.25, 0.3) is 11.3 Å². The molecule has 3 aromatic rings. The molecule has 1 heterocycles. The van der Waals surface area contributed by atoms with Crippen molar-refractivity contribution in [3.8, 4) is 17.0 Å². The molecule has 0 bridgehead atoms. The molecule has 1 atom stereocenters. The van der Waals surface area contributed by atoms with Gasteiger partial charge in [0.05, 0.1) is 12.8 Å². The standard InChI is InChI=1S/C19H20ClN3O/c1-23-19(16(12-21)15-5-3-4-6-17(15)20)11-18(22-23)13-7-9-14(24-2)10-8-13/h3-11,16H,12,21H2,1-2H3. The Hall–Kier alpha value is -2.30. The van der Waals surface area contributed by atoms with E-state index in [9.17, 15) is 0 Å². The number of nitrogens with two attached hydrogens (primary N) is 1. The largest absolute Gasteiger partial charge is 0.497 e. The first-order chi connectivity index (χ1) is 11.6. The van der Waals surface area contributed by atoms with Gasteiger partial charge in [-0.25, -0.2) is 0 Å². The Morgan fingerprint density at radius 2 is 1.88 bits per heavy atom. The number of hydrogen-bond donors (Lipinski definition) is 1. The van der Waals surface area contributed by atoms with E-state index in [1.165, 1.54) is 0 Å². The smallest absolute Gasteiger partial charge is 0.118 e. The normalized spacial score (nSPS) is 12.2. The first-order valence-electron chi connectivity index (χ1n) is 7.77. The fraction of sp³-hybridized carbons (Fsp3) is 0.211. The average molecular weight is 342 g/mol. The Bertz CT molecular complexity index is 827. The number of rotatable bonds is 5. The molecule has 3 rings (SSSR count). The van der Waals surface area contributed by atoms with Crippen LogP contribution < -0.4 is 10.5 Å². The lowest BCUT2D eigenvalue weighted by atomic mass is 9.95. The number of hydrogen-bond acceptors (Lipinski definition) is 3. The van der Waals surface area contributed by atoms with Crippen LogP contribution in [-0.4, -0.2) is 23.4 Å². The maximum atomic E-state index is 6.36. The van der Waals surface area contributed by atoms with Crippen LogP contribution in [0.5, 0.6) is 5.75 Å². The molecule has 2 aromatic carbocycles. The molecule has 0 fully saturated rings. The topological polar surface area (TPSA) is 53.1 Å². The summed E-state index contributed by atoms with van der Waals surface area (Å²) < 4.78 is 7.08. The van der Waals surface area contributed by atoms with Crippen LogP contribution in [0.3, 0.4) is 0 Å². The molecule has 0 saturated carbocycles. The highest BCUT2D eigenvalue weighted by Crippen LogP contribution is 2.31. The summed E-state index contributed by atoms with van der Waals surface area (Å²) in [6, 6.07) is 17.7. The predicted octanol–water partition coefficient (Wildman–Crippen LogP) is 3.84. The van der Waals surface area contributed by atoms with Gasteiger partial charge >= 0.3 is 0 Å². The van der Waals surface area contributed by atoms with Crippen LogP contribution in [0.1, 0.15) is 17.2 Å². The maximum absolute atomic E-state index is 6.36. The van der Waals surface area contributed by atoms with Crippen molar-refractivity contribution in [2.24, 2.45) is 12.8 Å². The molecule has 0 spiro atoms. The zero-order valence-corrected chi connectivity index (χ0v) is 14.5. The zero-order valence-electron chi connectivity index (χ0n) is 13.7. The Kier molecular flexibility index (Phi) is 4.88. The molecule has 0 aliphatic rings. The third-order valence-corrected chi connectivity index (χ3v) is 4.52. The quantitative estimate of drug-likeness (QED) is 0.767. The van der Waals surface area contributed by atoms with Crippen LogP contribution in [-0.2, 0) is 7.05 Å². The molecule has 5 heteroatoms. The lowest BCUT2D eigenvalue weighted by Gasteiger charge is -2.16. The fourth-order valence-corrected chi connectivity index (χ4v) is 3.14. The number of halogens is 1. The van der Waals surface area contributed by atoms with Crippen molar-refractivity contribution in [2.45, 2.75) is 5.92 Å². The second-order valence-electron chi connectivity index (χ2n) is 5.62. The van der Waals surface area contributed by atoms with Gasteiger partial charge in [-0.3, -0.25) is 4.68 Å². The molecule has 124 valence electrons. The second kappa shape index (κ2) is 7.07. The minimum Gasteiger partial charge on any atom is -0.497 e. The number of ether oxygens (including phenoxy) is 1. The van der Waals surface area contributed by atoms with E-state index in [1.54, 1.807) is 7.11 Å². The van der Waals surface area contributed by atoms with E-state index < -0.39 is 0 Å². The summed E-state index contributed by atoms with van der Waals surface area (Å²) in [5, 5.41) is 5.36. The summed E-state index contributed by atoms with van der Waals surface area (Å²) in [7, 11) is 3.59. The van der Waals surface area contributed by atoms with Crippen molar-refractivity contribution in [1.82, 2.24) is 9.78 Å². The zero-order chi connectivity index (χ0) is 17.1. The van der Waals surface area contributed by atoms with E-state index in [4.69, 9.17) is 22.1 Å². The van der Waals surface area contributed by atoms with Gasteiger partial charge in [-0.1, -0.05) is 29.8 Å². The average Bonchev–Trinajstić information content (AvgIpc) is 2.99. The molecule has 4 nitrogen and oxygen atoms in total. The molecule has 0 radical (unpaired) electrons. The minimum atomic E-state index is 0.00296. The summed E-state index contributed by atoms with van der Waals surface area (Å²) in [5.41, 5.74) is 10.0. The highest BCUT2D eigenvalue weighted by Gasteiger charge is 2.20. The second-order valence-corrected chi connectivity index (χ2v) is 6.02. The molecular formula is C19H20ClN3O. The van der Waals surface area contributed by atoms with Gasteiger partial charge in [-0.05, 0) is 42.0 Å². The summed E-state index contributed by atoms with van der Waals surface area (Å²) >= 11 is 6.36. The van der Waals surface area contributed by atoms with Crippen LogP contribution in [0.4, 0.5) is 0 Å². The van der Waals surface area contributed by atoms with Crippen LogP contribution >= 0.6 is 11.6 Å². The van der Waals surface area contributed by atoms with E-state index in [-0.39, 0.29) is 5.92 Å². The third-order valence-electron chi connectivity index (χ3n) is 4.18. The molecule has 1 unspecified atom stereocenters. The summed E-state index contributed by atoms with van der Waals surface area (Å²) in [4.78, 5) is 0. The Labute approximate surface area is 146 Å². The molecule has 0 amide bonds. The van der Waals surface area contributed by atoms with Gasteiger partial charge in [0.1, 0.15) is 5.75 Å². The Morgan fingerprint density at radius 3 is 2.50 bits per heavy atom. The van der Waals surface area contributed by atoms with Gasteiger partial charge in [0.15, 0.2) is 0 Å². The van der Waals surface area contributed by atoms with Gasteiger partial charge in [-0.15, -0.1) is 0 Å². The maximum Gasteiger partial charge on any atom is 0.118 e. The summed E-state index contributed by atoms with van der Waals surface area (Å²) in [6.45, 7) is 0.464. The van der Waals surface area contributed by atoms with Crippen molar-refractivity contribution < 1.29 is 4.74 Å². The third kappa shape index (κ3) is 3.16. The number of methoxy groups -OCH3 is 1. The number of benzene rings is 2. The summed E-state index contributed by atoms with van der Waals surface area (Å²) in [6.07, 6.45) is 0. The molecular weight excluding hydrogens is 322 g/mol. The van der Waals surface area contributed by atoms with Gasteiger partial charge in [0, 0.05) is 35.8 Å². The molecule has 0 aliphatic heterocycles. The van der Waals surface area contributed by atoms with E-state index in [2.05, 4.69) is 11.2 Å². The van der Waals surface area contributed by atoms with E-state index in [0.29, 0.717) is 6.54 Å². The van der Waals surface area contributed by atoms with Gasteiger partial charge in [0.2, 0.25) is 0 Å². The minimum absolute atomic E-state index is 0.00296. The van der Waals surface area contributed by atoms with Gasteiger partial charge in [-0.2, -0.15) is 5.10 Å². The van der Waals surface area contributed by atoms with Crippen molar-refractivity contribution in [3.63, 3.8) is 0 Å². The SMILES string of the molecule is COc1ccc(-c2cc(C(CN)c3ccccc3Cl)n(C)n2)cc1. The van der Waals surface area contributed by atoms with Crippen LogP contribution in [0.2, 0.25) is 5.02 Å². The van der Waals surface area contributed by atoms with Crippen LogP contribution in [0.15, 0.2) is 54.6 Å². The highest BCUT2D eigenvalue weighted by atomic mass is 35.5. The van der Waals surface area contributed by atoms with Crippen molar-refractivity contribution in [1.29, 1.82) is 0 Å². The predicted molar refractivity (Wildman–Crippen MR) is 97.5 cm³/mol. The summed E-state index contributed by atoms with van der Waals surface area (Å²) in [5.74, 6) is 0.828. The lowest BCUT2D eigenvalue weighted by Crippen LogP contribution is -2.17. The van der Waals surface area contributed by atoms with E-state index in [0.717, 1.165) is 33.3 Å². The van der Waals surface area contributed by atoms with Gasteiger partial charge in [0.25, 0.3) is 0 Å². The Balaban J connectivity index is 1.99. The highest BCUT2D eigenvalue weighted by molar-refractivity contribution is 6.31. The van der Waals surface area contributed by atoms with E-state index >= 15 is 0 Å². The fourth-order valence-electron chi connectivity index (χ4n) is 2.88.